The summed E-state index contributed by atoms with van der Waals surface area (Å²) >= 11 is 0. The van der Waals surface area contributed by atoms with Crippen molar-refractivity contribution in [3.8, 4) is 44.5 Å². The van der Waals surface area contributed by atoms with Crippen LogP contribution >= 0.6 is 0 Å². The Kier molecular flexibility index (Phi) is 9.06. The van der Waals surface area contributed by atoms with Crippen LogP contribution in [0.25, 0.3) is 90.9 Å². The molecule has 5 heterocycles. The van der Waals surface area contributed by atoms with Crippen LogP contribution in [0.5, 0.6) is 0 Å². The molecule has 7 aromatic rings. The number of benzene rings is 4. The molecule has 2 aliphatic heterocycles. The zero-order chi connectivity index (χ0) is 41.7. The zero-order valence-corrected chi connectivity index (χ0v) is 31.2. The fourth-order valence-electron chi connectivity index (χ4n) is 7.89. The van der Waals surface area contributed by atoms with E-state index in [9.17, 15) is 39.6 Å². The van der Waals surface area contributed by atoms with Gasteiger partial charge in [-0.05, 0) is 72.8 Å². The summed E-state index contributed by atoms with van der Waals surface area (Å²) in [4.78, 5) is 67.9. The number of aromatic carboxylic acids is 4. The monoisotopic (exact) mass is 790 g/mol. The Labute approximate surface area is 339 Å². The SMILES string of the molecule is O=C(O)c1ccccc1-c1c2nc(c(-c3ccccc3C(=O)O)c3ccc([nH]3)c(-c3ccccc3C(=O)O)c3ccc([nH]3)c(-c3ccccc3C(=O)O)c3nc1C=C3)C=C2. The summed E-state index contributed by atoms with van der Waals surface area (Å²) in [5, 5.41) is 41.5. The van der Waals surface area contributed by atoms with Gasteiger partial charge in [0.2, 0.25) is 0 Å². The molecule has 0 spiro atoms. The predicted octanol–water partition coefficient (Wildman–Crippen LogP) is 10.1. The van der Waals surface area contributed by atoms with Gasteiger partial charge in [-0.25, -0.2) is 29.1 Å². The normalized spacial score (nSPS) is 11.7. The molecular formula is C48H30N4O8. The third-order valence-corrected chi connectivity index (χ3v) is 10.5. The lowest BCUT2D eigenvalue weighted by Gasteiger charge is -2.10. The number of hydrogen-bond donors (Lipinski definition) is 6. The predicted molar refractivity (Wildman–Crippen MR) is 228 cm³/mol. The third kappa shape index (κ3) is 6.30. The minimum Gasteiger partial charge on any atom is -0.478 e. The van der Waals surface area contributed by atoms with Crippen molar-refractivity contribution in [1.29, 1.82) is 0 Å². The molecule has 6 N–H and O–H groups in total. The molecular weight excluding hydrogens is 761 g/mol. The van der Waals surface area contributed by atoms with E-state index in [4.69, 9.17) is 9.97 Å². The maximum absolute atomic E-state index is 12.7. The first-order valence-electron chi connectivity index (χ1n) is 18.6. The third-order valence-electron chi connectivity index (χ3n) is 10.5. The molecule has 0 aliphatic carbocycles. The van der Waals surface area contributed by atoms with E-state index in [-0.39, 0.29) is 22.3 Å². The van der Waals surface area contributed by atoms with E-state index >= 15 is 0 Å². The van der Waals surface area contributed by atoms with Gasteiger partial charge in [-0.1, -0.05) is 72.8 Å². The van der Waals surface area contributed by atoms with E-state index < -0.39 is 23.9 Å². The molecule has 290 valence electrons. The van der Waals surface area contributed by atoms with Crippen LogP contribution in [-0.4, -0.2) is 64.2 Å². The molecule has 4 aromatic carbocycles. The molecule has 60 heavy (non-hydrogen) atoms. The molecule has 0 saturated heterocycles. The van der Waals surface area contributed by atoms with Crippen molar-refractivity contribution in [3.63, 3.8) is 0 Å². The smallest absolute Gasteiger partial charge is 0.336 e. The highest BCUT2D eigenvalue weighted by atomic mass is 16.4. The summed E-state index contributed by atoms with van der Waals surface area (Å²) in [6.45, 7) is 0. The standard InChI is InChI=1S/C48H30N4O8/c53-45(54)29-13-5-1-9-25(29)41-33-17-19-35(49-33)42(26-10-2-6-14-30(26)46(55)56)37-21-23-39(51-37)44(28-12-4-8-16-32(28)48(59)60)40-24-22-38(52-40)43(36-20-18-34(41)50-36)27-11-3-7-15-31(27)47(57)58/h1-24,49-50H,(H,53,54)(H,55,56)(H,57,58)(H,59,60). The van der Waals surface area contributed by atoms with Crippen molar-refractivity contribution in [2.24, 2.45) is 0 Å². The quantitative estimate of drug-likeness (QED) is 0.0858. The topological polar surface area (TPSA) is 207 Å². The highest BCUT2D eigenvalue weighted by molar-refractivity contribution is 6.08. The molecule has 0 radical (unpaired) electrons. The Morgan fingerprint density at radius 1 is 0.333 bits per heavy atom. The average Bonchev–Trinajstić information content (AvgIpc) is 4.09. The van der Waals surface area contributed by atoms with Gasteiger partial charge in [0.15, 0.2) is 0 Å². The minimum absolute atomic E-state index is 0.00418. The highest BCUT2D eigenvalue weighted by Gasteiger charge is 2.25. The van der Waals surface area contributed by atoms with Crippen LogP contribution in [0.4, 0.5) is 0 Å². The summed E-state index contributed by atoms with van der Waals surface area (Å²) in [5.41, 5.74) is 6.29. The lowest BCUT2D eigenvalue weighted by atomic mass is 9.97. The van der Waals surface area contributed by atoms with Gasteiger partial charge in [-0.15, -0.1) is 0 Å². The van der Waals surface area contributed by atoms with E-state index in [1.165, 1.54) is 24.3 Å². The number of nitrogens with zero attached hydrogens (tertiary/aromatic N) is 2. The van der Waals surface area contributed by atoms with Crippen molar-refractivity contribution in [3.05, 3.63) is 166 Å². The Morgan fingerprint density at radius 3 is 0.900 bits per heavy atom. The van der Waals surface area contributed by atoms with Crippen molar-refractivity contribution < 1.29 is 39.6 Å². The first-order valence-corrected chi connectivity index (χ1v) is 18.6. The van der Waals surface area contributed by atoms with Gasteiger partial charge >= 0.3 is 23.9 Å². The summed E-state index contributed by atoms with van der Waals surface area (Å²) in [5.74, 6) is -4.67. The Bertz CT molecular complexity index is 3090. The van der Waals surface area contributed by atoms with E-state index in [0.29, 0.717) is 89.4 Å². The summed E-state index contributed by atoms with van der Waals surface area (Å²) < 4.78 is 0. The number of carboxylic acid groups (broad SMARTS) is 4. The van der Waals surface area contributed by atoms with Crippen LogP contribution < -0.4 is 0 Å². The van der Waals surface area contributed by atoms with Crippen molar-refractivity contribution in [2.75, 3.05) is 0 Å². The van der Waals surface area contributed by atoms with Crippen molar-refractivity contribution >= 4 is 70.2 Å². The number of carboxylic acids is 4. The molecule has 0 amide bonds. The lowest BCUT2D eigenvalue weighted by molar-refractivity contribution is 0.0687. The summed E-state index contributed by atoms with van der Waals surface area (Å²) in [6, 6.07) is 33.1. The Morgan fingerprint density at radius 2 is 0.583 bits per heavy atom. The molecule has 12 heteroatoms. The van der Waals surface area contributed by atoms with Crippen LogP contribution in [0, 0.1) is 0 Å². The fourth-order valence-corrected chi connectivity index (χ4v) is 7.89. The molecule has 2 aliphatic rings. The number of fused-ring (bicyclic) bond motifs is 8. The van der Waals surface area contributed by atoms with E-state index in [1.54, 1.807) is 121 Å². The summed E-state index contributed by atoms with van der Waals surface area (Å²) in [7, 11) is 0. The highest BCUT2D eigenvalue weighted by Crippen LogP contribution is 2.40. The molecule has 9 rings (SSSR count). The fraction of sp³-hybridized carbons (Fsp3) is 0. The number of nitrogens with one attached hydrogen (secondary N) is 2. The second kappa shape index (κ2) is 14.7. The molecule has 8 bridgehead atoms. The van der Waals surface area contributed by atoms with Gasteiger partial charge in [0, 0.05) is 66.6 Å². The number of rotatable bonds is 8. The maximum atomic E-state index is 12.7. The Balaban J connectivity index is 1.53. The first-order chi connectivity index (χ1) is 29.1. The van der Waals surface area contributed by atoms with Crippen LogP contribution in [0.2, 0.25) is 0 Å². The van der Waals surface area contributed by atoms with Crippen LogP contribution in [0.15, 0.2) is 121 Å². The van der Waals surface area contributed by atoms with Crippen molar-refractivity contribution in [2.45, 2.75) is 0 Å². The first kappa shape index (κ1) is 37.0. The van der Waals surface area contributed by atoms with E-state index in [2.05, 4.69) is 9.97 Å². The van der Waals surface area contributed by atoms with Gasteiger partial charge in [-0.3, -0.25) is 0 Å². The maximum Gasteiger partial charge on any atom is 0.336 e. The average molecular weight is 791 g/mol. The van der Waals surface area contributed by atoms with Gasteiger partial charge in [-0.2, -0.15) is 0 Å². The molecule has 12 nitrogen and oxygen atoms in total. The van der Waals surface area contributed by atoms with E-state index in [0.717, 1.165) is 0 Å². The second-order valence-electron chi connectivity index (χ2n) is 13.9. The van der Waals surface area contributed by atoms with E-state index in [1.807, 2.05) is 0 Å². The number of hydrogen-bond acceptors (Lipinski definition) is 6. The van der Waals surface area contributed by atoms with Crippen LogP contribution in [0.1, 0.15) is 64.2 Å². The van der Waals surface area contributed by atoms with Gasteiger partial charge < -0.3 is 30.4 Å². The van der Waals surface area contributed by atoms with Crippen LogP contribution in [0.3, 0.4) is 0 Å². The minimum atomic E-state index is -1.18. The number of carbonyl (C=O) groups is 4. The molecule has 0 saturated carbocycles. The van der Waals surface area contributed by atoms with Gasteiger partial charge in [0.25, 0.3) is 0 Å². The largest absolute Gasteiger partial charge is 0.478 e. The van der Waals surface area contributed by atoms with Crippen LogP contribution in [-0.2, 0) is 0 Å². The summed E-state index contributed by atoms with van der Waals surface area (Å²) in [6.07, 6.45) is 6.86. The second-order valence-corrected chi connectivity index (χ2v) is 13.9. The number of H-pyrrole nitrogens is 2. The molecule has 0 atom stereocenters. The number of aromatic nitrogens is 4. The Hall–Kier alpha value is -8.64. The lowest BCUT2D eigenvalue weighted by Crippen LogP contribution is -2.02. The van der Waals surface area contributed by atoms with Gasteiger partial charge in [0.1, 0.15) is 0 Å². The molecule has 0 unspecified atom stereocenters. The zero-order valence-electron chi connectivity index (χ0n) is 31.2. The van der Waals surface area contributed by atoms with Gasteiger partial charge in [0.05, 0.1) is 45.0 Å². The number of aromatic amines is 2. The van der Waals surface area contributed by atoms with Crippen molar-refractivity contribution in [1.82, 2.24) is 19.9 Å². The molecule has 3 aromatic heterocycles. The molecule has 0 fully saturated rings.